The Morgan fingerprint density at radius 3 is 1.21 bits per heavy atom. The van der Waals surface area contributed by atoms with Crippen LogP contribution in [0.2, 0.25) is 0 Å². The average molecular weight is 1030 g/mol. The van der Waals surface area contributed by atoms with Crippen LogP contribution in [-0.4, -0.2) is 174 Å². The number of unbranched alkanes of at least 4 members (excludes halogenated alkanes) is 1. The van der Waals surface area contributed by atoms with Crippen LogP contribution in [0.5, 0.6) is 0 Å². The van der Waals surface area contributed by atoms with Crippen LogP contribution in [0.3, 0.4) is 0 Å². The highest BCUT2D eigenvalue weighted by Crippen LogP contribution is 2.34. The van der Waals surface area contributed by atoms with E-state index in [0.717, 1.165) is 11.0 Å². The van der Waals surface area contributed by atoms with Gasteiger partial charge in [-0.05, 0) is 47.5 Å². The van der Waals surface area contributed by atoms with Crippen molar-refractivity contribution in [2.75, 3.05) is 68.1 Å². The summed E-state index contributed by atoms with van der Waals surface area (Å²) < 4.78 is 41.0. The minimum absolute atomic E-state index is 0.0985. The van der Waals surface area contributed by atoms with Crippen molar-refractivity contribution in [1.82, 2.24) is 47.0 Å². The minimum atomic E-state index is -1.35. The highest BCUT2D eigenvalue weighted by Gasteiger charge is 2.59. The molecule has 2 unspecified atom stereocenters. The average Bonchev–Trinajstić information content (AvgIpc) is 3.70. The van der Waals surface area contributed by atoms with Crippen LogP contribution in [0.25, 0.3) is 0 Å². The minimum Gasteiger partial charge on any atom is -0.466 e. The first-order valence-electron chi connectivity index (χ1n) is 23.3. The fourth-order valence-corrected chi connectivity index (χ4v) is 7.65. The number of carbonyl (C=O) groups excluding carboxylic acids is 5. The molecule has 72 heavy (non-hydrogen) atoms. The van der Waals surface area contributed by atoms with Gasteiger partial charge in [0, 0.05) is 47.5 Å². The van der Waals surface area contributed by atoms with E-state index in [4.69, 9.17) is 33.2 Å². The second kappa shape index (κ2) is 25.8. The molecule has 0 aromatic carbocycles. The van der Waals surface area contributed by atoms with Gasteiger partial charge in [0.25, 0.3) is 0 Å². The quantitative estimate of drug-likeness (QED) is 0.0515. The number of urea groups is 2. The maximum absolute atomic E-state index is 13.8. The predicted octanol–water partition coefficient (Wildman–Crippen LogP) is -2.17. The summed E-state index contributed by atoms with van der Waals surface area (Å²) in [5.74, 6) is -2.47. The zero-order chi connectivity index (χ0) is 53.7. The van der Waals surface area contributed by atoms with Gasteiger partial charge in [-0.2, -0.15) is 0 Å². The molecule has 4 heterocycles. The van der Waals surface area contributed by atoms with Gasteiger partial charge in [0.15, 0.2) is 12.3 Å². The third kappa shape index (κ3) is 14.6. The third-order valence-electron chi connectivity index (χ3n) is 11.1. The lowest BCUT2D eigenvalue weighted by Gasteiger charge is -2.28. The zero-order valence-corrected chi connectivity index (χ0v) is 42.4. The monoisotopic (exact) mass is 1030 g/mol. The number of hydrogen-bond acceptors (Lipinski definition) is 19. The van der Waals surface area contributed by atoms with E-state index in [0.29, 0.717) is 29.3 Å². The SMILES string of the molecule is CCCCOC(=O)CCn1c(=O)n(CCC(=O)OCCn2c(=O)n(CCOCN3C(=O)N(COC)C4C3N(COC)C(=O)N4COC)c(=O)n(CCC(C)(C)O)c2=O)c(=O)n(CCC(=O)OC(C)(C)C)c1=O. The van der Waals surface area contributed by atoms with Crippen molar-refractivity contribution in [2.24, 2.45) is 0 Å². The van der Waals surface area contributed by atoms with Crippen LogP contribution in [-0.2, 0) is 86.8 Å². The van der Waals surface area contributed by atoms with Crippen LogP contribution in [0.15, 0.2) is 28.8 Å². The molecule has 2 atom stereocenters. The Balaban J connectivity index is 1.53. The first-order valence-corrected chi connectivity index (χ1v) is 23.3. The number of ether oxygens (including phenoxy) is 7. The summed E-state index contributed by atoms with van der Waals surface area (Å²) in [4.78, 5) is 152. The van der Waals surface area contributed by atoms with Gasteiger partial charge in [-0.15, -0.1) is 0 Å². The van der Waals surface area contributed by atoms with E-state index in [9.17, 15) is 57.8 Å². The molecule has 0 spiro atoms. The standard InChI is InChI=1S/C43H68N10O19/c1-10-11-22-70-29(54)12-16-44-34(57)45(36(59)46(35(44)58)18-14-31(56)72-42(2,3)4)17-13-30(55)71-24-21-49-38(61)47(19-15-43(5,6)65)37(60)48(39(49)62)20-23-69-28-53-33-32(51(26-67-8)41(53)64)50(25-66-7)40(63)52(33)27-68-9/h32-33,65H,10-28H2,1-9H3. The first kappa shape index (κ1) is 58.1. The number of rotatable bonds is 29. The fourth-order valence-electron chi connectivity index (χ4n) is 7.65. The largest absolute Gasteiger partial charge is 0.466 e. The van der Waals surface area contributed by atoms with E-state index in [1.54, 1.807) is 20.8 Å². The number of nitrogens with zero attached hydrogens (tertiary/aromatic N) is 10. The normalized spacial score (nSPS) is 16.0. The summed E-state index contributed by atoms with van der Waals surface area (Å²) in [6, 6.07) is -1.07. The molecular weight excluding hydrogens is 961 g/mol. The van der Waals surface area contributed by atoms with Crippen LogP contribution >= 0.6 is 0 Å². The lowest BCUT2D eigenvalue weighted by atomic mass is 10.1. The number of fused-ring (bicyclic) bond motifs is 1. The molecular formula is C43H68N10O19. The third-order valence-corrected chi connectivity index (χ3v) is 11.1. The van der Waals surface area contributed by atoms with Crippen LogP contribution in [0, 0.1) is 0 Å². The molecule has 4 rings (SSSR count). The molecule has 2 aliphatic rings. The maximum atomic E-state index is 13.8. The van der Waals surface area contributed by atoms with Gasteiger partial charge in [0.2, 0.25) is 0 Å². The number of amides is 4. The molecule has 29 heteroatoms. The Hall–Kier alpha value is -6.43. The number of aliphatic hydroxyl groups is 1. The molecule has 404 valence electrons. The topological polar surface area (TPSA) is 315 Å². The van der Waals surface area contributed by atoms with E-state index in [1.807, 2.05) is 6.92 Å². The fraction of sp³-hybridized carbons (Fsp3) is 0.744. The van der Waals surface area contributed by atoms with Crippen molar-refractivity contribution in [3.63, 3.8) is 0 Å². The molecule has 4 amide bonds. The first-order chi connectivity index (χ1) is 33.9. The highest BCUT2D eigenvalue weighted by molar-refractivity contribution is 5.85. The molecule has 29 nitrogen and oxygen atoms in total. The van der Waals surface area contributed by atoms with Gasteiger partial charge in [-0.1, -0.05) is 13.3 Å². The van der Waals surface area contributed by atoms with Crippen molar-refractivity contribution in [3.8, 4) is 0 Å². The second-order valence-electron chi connectivity index (χ2n) is 18.4. The van der Waals surface area contributed by atoms with Crippen molar-refractivity contribution < 1.29 is 62.2 Å². The Bertz CT molecular complexity index is 2610. The van der Waals surface area contributed by atoms with Gasteiger partial charge in [0.05, 0.1) is 51.2 Å². The molecule has 0 radical (unpaired) electrons. The van der Waals surface area contributed by atoms with Gasteiger partial charge < -0.3 is 38.3 Å². The van der Waals surface area contributed by atoms with Crippen LogP contribution in [0.1, 0.15) is 80.1 Å². The van der Waals surface area contributed by atoms with Gasteiger partial charge in [-0.25, -0.2) is 65.8 Å². The molecule has 2 saturated heterocycles. The Morgan fingerprint density at radius 2 is 0.833 bits per heavy atom. The number of methoxy groups -OCH3 is 3. The van der Waals surface area contributed by atoms with Crippen LogP contribution in [0.4, 0.5) is 9.59 Å². The number of aromatic nitrogens is 6. The summed E-state index contributed by atoms with van der Waals surface area (Å²) in [7, 11) is 4.12. The Morgan fingerprint density at radius 1 is 0.486 bits per heavy atom. The number of esters is 3. The molecule has 2 fully saturated rings. The van der Waals surface area contributed by atoms with E-state index < -0.39 is 153 Å². The molecule has 0 aliphatic carbocycles. The molecule has 2 aromatic heterocycles. The zero-order valence-electron chi connectivity index (χ0n) is 42.4. The van der Waals surface area contributed by atoms with E-state index in [1.165, 1.54) is 54.8 Å². The molecule has 1 N–H and O–H groups in total. The van der Waals surface area contributed by atoms with E-state index in [2.05, 4.69) is 0 Å². The number of carbonyl (C=O) groups is 5. The summed E-state index contributed by atoms with van der Waals surface area (Å²) >= 11 is 0. The summed E-state index contributed by atoms with van der Waals surface area (Å²) in [5.41, 5.74) is -8.91. The van der Waals surface area contributed by atoms with Crippen molar-refractivity contribution in [1.29, 1.82) is 0 Å². The van der Waals surface area contributed by atoms with E-state index >= 15 is 0 Å². The summed E-state index contributed by atoms with van der Waals surface area (Å²) in [5, 5.41) is 10.4. The van der Waals surface area contributed by atoms with Gasteiger partial charge in [-0.3, -0.25) is 34.0 Å². The van der Waals surface area contributed by atoms with Crippen molar-refractivity contribution >= 4 is 30.0 Å². The van der Waals surface area contributed by atoms with Gasteiger partial charge >= 0.3 is 64.1 Å². The highest BCUT2D eigenvalue weighted by atomic mass is 16.6. The summed E-state index contributed by atoms with van der Waals surface area (Å²) in [6.07, 6.45) is -2.06. The Kier molecular flexibility index (Phi) is 20.8. The smallest absolute Gasteiger partial charge is 0.336 e. The lowest BCUT2D eigenvalue weighted by Crippen LogP contribution is -2.55. The van der Waals surface area contributed by atoms with E-state index in [-0.39, 0.29) is 46.4 Å². The molecule has 2 aliphatic heterocycles. The van der Waals surface area contributed by atoms with Crippen LogP contribution < -0.4 is 34.1 Å². The van der Waals surface area contributed by atoms with Gasteiger partial charge in [0.1, 0.15) is 39.1 Å². The molecule has 0 saturated carbocycles. The van der Waals surface area contributed by atoms with Crippen molar-refractivity contribution in [2.45, 2.75) is 143 Å². The predicted molar refractivity (Wildman–Crippen MR) is 248 cm³/mol. The lowest BCUT2D eigenvalue weighted by molar-refractivity contribution is -0.155. The summed E-state index contributed by atoms with van der Waals surface area (Å²) in [6.45, 7) is 4.75. The Labute approximate surface area is 412 Å². The maximum Gasteiger partial charge on any atom is 0.336 e. The molecule has 2 aromatic rings. The second-order valence-corrected chi connectivity index (χ2v) is 18.4. The van der Waals surface area contributed by atoms with Crippen molar-refractivity contribution in [3.05, 3.63) is 62.9 Å². The number of hydrogen-bond donors (Lipinski definition) is 1. The molecule has 0 bridgehead atoms.